The van der Waals surface area contributed by atoms with Gasteiger partial charge in [-0.05, 0) is 49.1 Å². The van der Waals surface area contributed by atoms with Crippen LogP contribution in [-0.2, 0) is 12.8 Å². The zero-order chi connectivity index (χ0) is 19.8. The first-order valence-electron chi connectivity index (χ1n) is 9.84. The monoisotopic (exact) mass is 383 g/mol. The highest BCUT2D eigenvalue weighted by atomic mass is 16.1. The molecule has 29 heavy (non-hydrogen) atoms. The topological polar surface area (TPSA) is 93.8 Å². The summed E-state index contributed by atoms with van der Waals surface area (Å²) in [5.41, 5.74) is 10.1. The third-order valence-corrected chi connectivity index (χ3v) is 5.21. The van der Waals surface area contributed by atoms with Gasteiger partial charge >= 0.3 is 0 Å². The van der Waals surface area contributed by atoms with E-state index in [-0.39, 0.29) is 12.2 Å². The molecule has 3 aromatic rings. The molecule has 0 bridgehead atoms. The summed E-state index contributed by atoms with van der Waals surface area (Å²) in [6.07, 6.45) is 9.24. The molecular formula is C23H21N5O. The standard InChI is InChI=1S/C23H21N5O/c24-21-10-7-16(13-25-21)20(29)12-14-3-1-4-15(11-14)22-27-19-6-2-5-18(19)23(28-22)26-17-8-9-17/h1-4,6-7,10-11,13,17H,5,8-9,12H2,(H2,24,25)(H,26,27,28). The van der Waals surface area contributed by atoms with Gasteiger partial charge in [-0.25, -0.2) is 15.0 Å². The van der Waals surface area contributed by atoms with Crippen LogP contribution in [0.3, 0.4) is 0 Å². The van der Waals surface area contributed by atoms with Gasteiger partial charge in [0.05, 0.1) is 5.69 Å². The molecule has 3 N–H and O–H groups in total. The largest absolute Gasteiger partial charge is 0.384 e. The number of Topliss-reactive ketones (excluding diaryl/α,β-unsaturated/α-hetero) is 1. The maximum absolute atomic E-state index is 12.6. The zero-order valence-corrected chi connectivity index (χ0v) is 15.9. The van der Waals surface area contributed by atoms with Gasteiger partial charge in [0, 0.05) is 35.3 Å². The Hall–Kier alpha value is -3.54. The van der Waals surface area contributed by atoms with Gasteiger partial charge in [0.15, 0.2) is 11.6 Å². The van der Waals surface area contributed by atoms with Crippen molar-refractivity contribution in [2.75, 3.05) is 11.1 Å². The highest BCUT2D eigenvalue weighted by Crippen LogP contribution is 2.32. The molecule has 6 nitrogen and oxygen atoms in total. The molecule has 0 unspecified atom stereocenters. The Morgan fingerprint density at radius 3 is 2.86 bits per heavy atom. The third kappa shape index (κ3) is 3.74. The molecule has 6 heteroatoms. The maximum Gasteiger partial charge on any atom is 0.168 e. The Labute approximate surface area is 168 Å². The van der Waals surface area contributed by atoms with Crippen molar-refractivity contribution < 1.29 is 4.79 Å². The van der Waals surface area contributed by atoms with Gasteiger partial charge in [-0.1, -0.05) is 24.3 Å². The van der Waals surface area contributed by atoms with Crippen LogP contribution in [0.15, 0.2) is 48.7 Å². The molecule has 0 saturated heterocycles. The number of aromatic nitrogens is 3. The molecule has 2 aliphatic rings. The normalized spacial score (nSPS) is 14.6. The summed E-state index contributed by atoms with van der Waals surface area (Å²) in [4.78, 5) is 26.1. The fraction of sp³-hybridized carbons (Fsp3) is 0.217. The number of hydrogen-bond acceptors (Lipinski definition) is 6. The van der Waals surface area contributed by atoms with E-state index in [4.69, 9.17) is 15.7 Å². The minimum absolute atomic E-state index is 0.00328. The van der Waals surface area contributed by atoms with Crippen LogP contribution in [0.5, 0.6) is 0 Å². The average Bonchev–Trinajstić information content (AvgIpc) is 3.41. The van der Waals surface area contributed by atoms with Gasteiger partial charge in [-0.15, -0.1) is 0 Å². The summed E-state index contributed by atoms with van der Waals surface area (Å²) in [6, 6.07) is 11.7. The predicted molar refractivity (Wildman–Crippen MR) is 114 cm³/mol. The number of allylic oxidation sites excluding steroid dienone is 1. The highest BCUT2D eigenvalue weighted by Gasteiger charge is 2.25. The van der Waals surface area contributed by atoms with Crippen LogP contribution in [0.1, 0.15) is 40.0 Å². The van der Waals surface area contributed by atoms with Crippen LogP contribution in [0.4, 0.5) is 11.6 Å². The van der Waals surface area contributed by atoms with E-state index in [0.29, 0.717) is 23.2 Å². The molecule has 2 heterocycles. The van der Waals surface area contributed by atoms with Crippen molar-refractivity contribution >= 4 is 23.5 Å². The summed E-state index contributed by atoms with van der Waals surface area (Å²) in [6.45, 7) is 0. The predicted octanol–water partition coefficient (Wildman–Crippen LogP) is 3.69. The second-order valence-corrected chi connectivity index (χ2v) is 7.56. The molecule has 2 aliphatic carbocycles. The molecule has 2 aromatic heterocycles. The Bertz CT molecular complexity index is 1120. The Kier molecular flexibility index (Phi) is 4.31. The quantitative estimate of drug-likeness (QED) is 0.631. The van der Waals surface area contributed by atoms with Crippen molar-refractivity contribution in [1.82, 2.24) is 15.0 Å². The number of nitrogens with one attached hydrogen (secondary N) is 1. The van der Waals surface area contributed by atoms with Crippen LogP contribution in [0, 0.1) is 0 Å². The summed E-state index contributed by atoms with van der Waals surface area (Å²) in [7, 11) is 0. The van der Waals surface area contributed by atoms with E-state index in [0.717, 1.165) is 29.1 Å². The summed E-state index contributed by atoms with van der Waals surface area (Å²) >= 11 is 0. The lowest BCUT2D eigenvalue weighted by Gasteiger charge is -2.12. The minimum Gasteiger partial charge on any atom is -0.384 e. The molecule has 0 atom stereocenters. The number of carbonyl (C=O) groups is 1. The number of ketones is 1. The molecule has 0 amide bonds. The third-order valence-electron chi connectivity index (χ3n) is 5.21. The number of nitrogens with zero attached hydrogens (tertiary/aromatic N) is 3. The van der Waals surface area contributed by atoms with E-state index in [9.17, 15) is 4.79 Å². The number of nitrogens with two attached hydrogens (primary N) is 1. The molecule has 0 radical (unpaired) electrons. The summed E-state index contributed by atoms with van der Waals surface area (Å²) in [5, 5.41) is 3.54. The van der Waals surface area contributed by atoms with Crippen molar-refractivity contribution in [2.24, 2.45) is 0 Å². The molecule has 1 saturated carbocycles. The second-order valence-electron chi connectivity index (χ2n) is 7.56. The van der Waals surface area contributed by atoms with Crippen LogP contribution >= 0.6 is 0 Å². The number of carbonyl (C=O) groups excluding carboxylic acids is 1. The second kappa shape index (κ2) is 7.13. The van der Waals surface area contributed by atoms with Crippen molar-refractivity contribution in [3.63, 3.8) is 0 Å². The molecule has 144 valence electrons. The van der Waals surface area contributed by atoms with Crippen molar-refractivity contribution in [3.05, 3.63) is 71.1 Å². The number of benzene rings is 1. The van der Waals surface area contributed by atoms with Crippen LogP contribution in [0.2, 0.25) is 0 Å². The number of hydrogen-bond donors (Lipinski definition) is 2. The van der Waals surface area contributed by atoms with Gasteiger partial charge < -0.3 is 11.1 Å². The number of pyridine rings is 1. The maximum atomic E-state index is 12.6. The zero-order valence-electron chi connectivity index (χ0n) is 15.9. The smallest absolute Gasteiger partial charge is 0.168 e. The molecule has 1 aromatic carbocycles. The van der Waals surface area contributed by atoms with Crippen LogP contribution in [0.25, 0.3) is 17.5 Å². The van der Waals surface area contributed by atoms with Gasteiger partial charge in [0.1, 0.15) is 11.6 Å². The first kappa shape index (κ1) is 17.6. The lowest BCUT2D eigenvalue weighted by Crippen LogP contribution is -2.09. The van der Waals surface area contributed by atoms with Crippen LogP contribution < -0.4 is 11.1 Å². The van der Waals surface area contributed by atoms with E-state index in [1.807, 2.05) is 24.3 Å². The van der Waals surface area contributed by atoms with E-state index < -0.39 is 0 Å². The Balaban J connectivity index is 1.43. The first-order valence-corrected chi connectivity index (χ1v) is 9.84. The summed E-state index contributed by atoms with van der Waals surface area (Å²) in [5.74, 6) is 2.03. The molecule has 5 rings (SSSR count). The number of fused-ring (bicyclic) bond motifs is 1. The lowest BCUT2D eigenvalue weighted by molar-refractivity contribution is 0.0992. The SMILES string of the molecule is Nc1ccc(C(=O)Cc2cccc(-c3nc4c(c(NC5CC5)n3)CC=C4)c2)cn1. The van der Waals surface area contributed by atoms with Gasteiger partial charge in [0.2, 0.25) is 0 Å². The Morgan fingerprint density at radius 2 is 2.07 bits per heavy atom. The first-order chi connectivity index (χ1) is 14.2. The number of nitrogen functional groups attached to an aromatic ring is 1. The van der Waals surface area contributed by atoms with Crippen molar-refractivity contribution in [2.45, 2.75) is 31.7 Å². The Morgan fingerprint density at radius 1 is 1.17 bits per heavy atom. The van der Waals surface area contributed by atoms with E-state index in [1.54, 1.807) is 12.1 Å². The van der Waals surface area contributed by atoms with Gasteiger partial charge in [-0.2, -0.15) is 0 Å². The highest BCUT2D eigenvalue weighted by molar-refractivity contribution is 5.97. The molecule has 0 aliphatic heterocycles. The van der Waals surface area contributed by atoms with Crippen LogP contribution in [-0.4, -0.2) is 26.8 Å². The fourth-order valence-corrected chi connectivity index (χ4v) is 3.48. The number of anilines is 2. The van der Waals surface area contributed by atoms with E-state index in [1.165, 1.54) is 24.6 Å². The van der Waals surface area contributed by atoms with Crippen molar-refractivity contribution in [3.8, 4) is 11.4 Å². The summed E-state index contributed by atoms with van der Waals surface area (Å²) < 4.78 is 0. The van der Waals surface area contributed by atoms with Gasteiger partial charge in [0.25, 0.3) is 0 Å². The molecule has 1 fully saturated rings. The molecule has 0 spiro atoms. The molecular weight excluding hydrogens is 362 g/mol. The minimum atomic E-state index is 0.00328. The fourth-order valence-electron chi connectivity index (χ4n) is 3.48. The average molecular weight is 383 g/mol. The lowest BCUT2D eigenvalue weighted by atomic mass is 10.0. The van der Waals surface area contributed by atoms with Gasteiger partial charge in [-0.3, -0.25) is 4.79 Å². The van der Waals surface area contributed by atoms with E-state index in [2.05, 4.69) is 22.5 Å². The number of rotatable bonds is 6. The van der Waals surface area contributed by atoms with E-state index >= 15 is 0 Å². The van der Waals surface area contributed by atoms with Crippen molar-refractivity contribution in [1.29, 1.82) is 0 Å².